The minimum absolute atomic E-state index is 0.372. The van der Waals surface area contributed by atoms with Gasteiger partial charge in [-0.15, -0.1) is 0 Å². The predicted octanol–water partition coefficient (Wildman–Crippen LogP) is 4.48. The molecule has 0 saturated heterocycles. The first-order chi connectivity index (χ1) is 9.25. The van der Waals surface area contributed by atoms with Crippen LogP contribution in [-0.2, 0) is 0 Å². The third kappa shape index (κ3) is 2.45. The molecule has 1 saturated carbocycles. The molecule has 19 heavy (non-hydrogen) atoms. The molecule has 2 nitrogen and oxygen atoms in total. The van der Waals surface area contributed by atoms with Gasteiger partial charge in [0.1, 0.15) is 11.5 Å². The van der Waals surface area contributed by atoms with E-state index in [-0.39, 0.29) is 6.10 Å². The quantitative estimate of drug-likeness (QED) is 0.878. The van der Waals surface area contributed by atoms with Crippen LogP contribution in [0.3, 0.4) is 0 Å². The number of hydrogen-bond donors (Lipinski definition) is 1. The molecule has 1 aliphatic carbocycles. The summed E-state index contributed by atoms with van der Waals surface area (Å²) in [6.45, 7) is 1.94. The molecule has 1 aromatic heterocycles. The number of furan rings is 1. The summed E-state index contributed by atoms with van der Waals surface area (Å²) in [5.41, 5.74) is 2.03. The molecule has 1 N–H and O–H groups in total. The van der Waals surface area contributed by atoms with E-state index in [1.165, 1.54) is 12.8 Å². The van der Waals surface area contributed by atoms with E-state index >= 15 is 0 Å². The Morgan fingerprint density at radius 2 is 1.84 bits per heavy atom. The molecule has 1 atom stereocenters. The zero-order valence-corrected chi connectivity index (χ0v) is 11.3. The Morgan fingerprint density at radius 1 is 1.16 bits per heavy atom. The molecule has 1 aromatic carbocycles. The number of aliphatic hydroxyl groups excluding tert-OH is 1. The van der Waals surface area contributed by atoms with Crippen molar-refractivity contribution in [3.63, 3.8) is 0 Å². The van der Waals surface area contributed by atoms with E-state index in [1.54, 1.807) is 0 Å². The Labute approximate surface area is 114 Å². The van der Waals surface area contributed by atoms with Crippen molar-refractivity contribution >= 4 is 0 Å². The standard InChI is InChI=1S/C17H20O2/c1-12-15(17(18)14-9-5-6-10-14)11-16(19-12)13-7-3-2-4-8-13/h2-4,7-8,11,14,17-18H,5-6,9-10H2,1H3. The highest BCUT2D eigenvalue weighted by Gasteiger charge is 2.27. The van der Waals surface area contributed by atoms with Gasteiger partial charge in [0.05, 0.1) is 6.10 Å². The molecule has 0 aliphatic heterocycles. The number of aryl methyl sites for hydroxylation is 1. The molecule has 1 aliphatic rings. The zero-order chi connectivity index (χ0) is 13.2. The Hall–Kier alpha value is -1.54. The molecule has 100 valence electrons. The fourth-order valence-electron chi connectivity index (χ4n) is 3.06. The van der Waals surface area contributed by atoms with E-state index in [1.807, 2.05) is 43.3 Å². The maximum Gasteiger partial charge on any atom is 0.134 e. The highest BCUT2D eigenvalue weighted by molar-refractivity contribution is 5.58. The minimum Gasteiger partial charge on any atom is -0.461 e. The highest BCUT2D eigenvalue weighted by atomic mass is 16.3. The topological polar surface area (TPSA) is 33.4 Å². The van der Waals surface area contributed by atoms with Gasteiger partial charge in [-0.05, 0) is 31.7 Å². The van der Waals surface area contributed by atoms with Crippen LogP contribution in [0, 0.1) is 12.8 Å². The lowest BCUT2D eigenvalue weighted by atomic mass is 9.94. The Kier molecular flexibility index (Phi) is 3.43. The molecule has 2 heteroatoms. The zero-order valence-electron chi connectivity index (χ0n) is 11.3. The first-order valence-electron chi connectivity index (χ1n) is 7.09. The van der Waals surface area contributed by atoms with Crippen LogP contribution in [0.4, 0.5) is 0 Å². The van der Waals surface area contributed by atoms with Gasteiger partial charge in [-0.25, -0.2) is 0 Å². The number of aliphatic hydroxyl groups is 1. The molecule has 0 spiro atoms. The van der Waals surface area contributed by atoms with Crippen molar-refractivity contribution in [3.8, 4) is 11.3 Å². The Balaban J connectivity index is 1.89. The summed E-state index contributed by atoms with van der Waals surface area (Å²) in [5.74, 6) is 2.10. The van der Waals surface area contributed by atoms with Gasteiger partial charge in [-0.2, -0.15) is 0 Å². The van der Waals surface area contributed by atoms with Crippen LogP contribution in [0.2, 0.25) is 0 Å². The SMILES string of the molecule is Cc1oc(-c2ccccc2)cc1C(O)C1CCCC1. The maximum atomic E-state index is 10.5. The van der Waals surface area contributed by atoms with Crippen LogP contribution < -0.4 is 0 Å². The van der Waals surface area contributed by atoms with Crippen LogP contribution in [0.25, 0.3) is 11.3 Å². The summed E-state index contributed by atoms with van der Waals surface area (Å²) in [6, 6.07) is 12.1. The van der Waals surface area contributed by atoms with E-state index in [0.29, 0.717) is 5.92 Å². The normalized spacial score (nSPS) is 17.8. The Morgan fingerprint density at radius 3 is 2.53 bits per heavy atom. The van der Waals surface area contributed by atoms with Crippen molar-refractivity contribution < 1.29 is 9.52 Å². The highest BCUT2D eigenvalue weighted by Crippen LogP contribution is 2.39. The van der Waals surface area contributed by atoms with Gasteiger partial charge < -0.3 is 9.52 Å². The van der Waals surface area contributed by atoms with E-state index in [4.69, 9.17) is 4.42 Å². The predicted molar refractivity (Wildman–Crippen MR) is 75.8 cm³/mol. The van der Waals surface area contributed by atoms with E-state index in [9.17, 15) is 5.11 Å². The molecular formula is C17H20O2. The minimum atomic E-state index is -0.372. The summed E-state index contributed by atoms with van der Waals surface area (Å²) >= 11 is 0. The van der Waals surface area contributed by atoms with Crippen molar-refractivity contribution in [2.75, 3.05) is 0 Å². The van der Waals surface area contributed by atoms with Gasteiger partial charge in [0.2, 0.25) is 0 Å². The monoisotopic (exact) mass is 256 g/mol. The summed E-state index contributed by atoms with van der Waals surface area (Å²) < 4.78 is 5.82. The summed E-state index contributed by atoms with van der Waals surface area (Å²) in [7, 11) is 0. The van der Waals surface area contributed by atoms with E-state index in [2.05, 4.69) is 0 Å². The van der Waals surface area contributed by atoms with Crippen molar-refractivity contribution in [1.82, 2.24) is 0 Å². The van der Waals surface area contributed by atoms with Gasteiger partial charge >= 0.3 is 0 Å². The molecule has 0 radical (unpaired) electrons. The molecule has 2 aromatic rings. The molecule has 1 unspecified atom stereocenters. The van der Waals surface area contributed by atoms with Gasteiger partial charge in [-0.1, -0.05) is 43.2 Å². The third-order valence-electron chi connectivity index (χ3n) is 4.18. The van der Waals surface area contributed by atoms with E-state index < -0.39 is 0 Å². The second-order valence-electron chi connectivity index (χ2n) is 5.48. The van der Waals surface area contributed by atoms with Crippen LogP contribution in [-0.4, -0.2) is 5.11 Å². The second kappa shape index (κ2) is 5.22. The first-order valence-corrected chi connectivity index (χ1v) is 7.09. The molecule has 3 rings (SSSR count). The average Bonchev–Trinajstić information content (AvgIpc) is 3.08. The molecule has 0 amide bonds. The van der Waals surface area contributed by atoms with Gasteiger partial charge in [0.25, 0.3) is 0 Å². The van der Waals surface area contributed by atoms with Gasteiger partial charge in [0, 0.05) is 11.1 Å². The first kappa shape index (κ1) is 12.5. The number of hydrogen-bond acceptors (Lipinski definition) is 2. The number of rotatable bonds is 3. The smallest absolute Gasteiger partial charge is 0.134 e. The van der Waals surface area contributed by atoms with E-state index in [0.717, 1.165) is 35.5 Å². The lowest BCUT2D eigenvalue weighted by Crippen LogP contribution is -2.08. The molecular weight excluding hydrogens is 236 g/mol. The number of benzene rings is 1. The molecule has 0 bridgehead atoms. The fourth-order valence-corrected chi connectivity index (χ4v) is 3.06. The molecule has 1 heterocycles. The summed E-state index contributed by atoms with van der Waals surface area (Å²) in [6.07, 6.45) is 4.37. The summed E-state index contributed by atoms with van der Waals surface area (Å²) in [4.78, 5) is 0. The van der Waals surface area contributed by atoms with Crippen molar-refractivity contribution in [1.29, 1.82) is 0 Å². The third-order valence-corrected chi connectivity index (χ3v) is 4.18. The molecule has 1 fully saturated rings. The second-order valence-corrected chi connectivity index (χ2v) is 5.48. The fraction of sp³-hybridized carbons (Fsp3) is 0.412. The van der Waals surface area contributed by atoms with Crippen LogP contribution in [0.5, 0.6) is 0 Å². The average molecular weight is 256 g/mol. The van der Waals surface area contributed by atoms with Crippen molar-refractivity contribution in [2.45, 2.75) is 38.7 Å². The lowest BCUT2D eigenvalue weighted by molar-refractivity contribution is 0.110. The summed E-state index contributed by atoms with van der Waals surface area (Å²) in [5, 5.41) is 10.5. The van der Waals surface area contributed by atoms with Crippen molar-refractivity contribution in [2.24, 2.45) is 5.92 Å². The van der Waals surface area contributed by atoms with Crippen LogP contribution in [0.1, 0.15) is 43.1 Å². The van der Waals surface area contributed by atoms with Crippen LogP contribution >= 0.6 is 0 Å². The van der Waals surface area contributed by atoms with Gasteiger partial charge in [0.15, 0.2) is 0 Å². The van der Waals surface area contributed by atoms with Crippen LogP contribution in [0.15, 0.2) is 40.8 Å². The van der Waals surface area contributed by atoms with Crippen molar-refractivity contribution in [3.05, 3.63) is 47.7 Å². The lowest BCUT2D eigenvalue weighted by Gasteiger charge is -2.16. The van der Waals surface area contributed by atoms with Gasteiger partial charge in [-0.3, -0.25) is 0 Å². The largest absolute Gasteiger partial charge is 0.461 e. The Bertz CT molecular complexity index is 536. The maximum absolute atomic E-state index is 10.5.